The molecule has 100 valence electrons. The third-order valence-corrected chi connectivity index (χ3v) is 2.15. The smallest absolute Gasteiger partial charge is 0.251 e. The summed E-state index contributed by atoms with van der Waals surface area (Å²) in [6.45, 7) is 5.42. The molecule has 1 aromatic carbocycles. The van der Waals surface area contributed by atoms with E-state index < -0.39 is 0 Å². The van der Waals surface area contributed by atoms with Crippen molar-refractivity contribution >= 4 is 12.2 Å². The van der Waals surface area contributed by atoms with Crippen molar-refractivity contribution < 1.29 is 9.59 Å². The first-order valence-electron chi connectivity index (χ1n) is 6.11. The lowest BCUT2D eigenvalue weighted by Crippen LogP contribution is -2.31. The molecule has 0 aliphatic carbocycles. The molecule has 4 heteroatoms. The summed E-state index contributed by atoms with van der Waals surface area (Å²) in [5.74, 6) is -0.112. The first-order chi connectivity index (χ1) is 8.63. The maximum atomic E-state index is 11.6. The maximum Gasteiger partial charge on any atom is 0.251 e. The van der Waals surface area contributed by atoms with Gasteiger partial charge >= 0.3 is 0 Å². The molecule has 1 N–H and O–H groups in total. The first kappa shape index (κ1) is 16.3. The highest BCUT2D eigenvalue weighted by Crippen LogP contribution is 2.01. The van der Waals surface area contributed by atoms with Crippen LogP contribution in [0.3, 0.4) is 0 Å². The van der Waals surface area contributed by atoms with Crippen molar-refractivity contribution in [1.82, 2.24) is 10.2 Å². The molecule has 0 aliphatic rings. The number of rotatable bonds is 5. The molecule has 0 spiro atoms. The zero-order chi connectivity index (χ0) is 14.0. The number of aldehydes is 1. The Morgan fingerprint density at radius 2 is 1.78 bits per heavy atom. The van der Waals surface area contributed by atoms with Crippen molar-refractivity contribution in [1.29, 1.82) is 0 Å². The number of nitrogens with one attached hydrogen (secondary N) is 1. The van der Waals surface area contributed by atoms with Crippen LogP contribution < -0.4 is 5.32 Å². The number of hydrogen-bond donors (Lipinski definition) is 1. The summed E-state index contributed by atoms with van der Waals surface area (Å²) in [6.07, 6.45) is 0.758. The Labute approximate surface area is 109 Å². The van der Waals surface area contributed by atoms with E-state index in [1.54, 1.807) is 24.3 Å². The number of carbonyl (C=O) groups is 2. The van der Waals surface area contributed by atoms with Crippen molar-refractivity contribution in [2.24, 2.45) is 0 Å². The molecule has 1 rings (SSSR count). The highest BCUT2D eigenvalue weighted by molar-refractivity contribution is 5.94. The number of benzene rings is 1. The standard InChI is InChI=1S/C12H16N2O2.C2H6/c1-14(2)8-7-13-12(16)11-5-3-10(9-15)4-6-11;1-2/h3-6,9H,7-8H2,1-2H3,(H,13,16);1-2H3. The summed E-state index contributed by atoms with van der Waals surface area (Å²) in [5, 5.41) is 2.80. The molecule has 0 heterocycles. The second-order valence-corrected chi connectivity index (χ2v) is 3.80. The van der Waals surface area contributed by atoms with E-state index in [0.717, 1.165) is 12.8 Å². The Kier molecular flexibility index (Phi) is 8.49. The zero-order valence-electron chi connectivity index (χ0n) is 11.6. The van der Waals surface area contributed by atoms with Crippen LogP contribution in [0.5, 0.6) is 0 Å². The number of likely N-dealkylation sites (N-methyl/N-ethyl adjacent to an activating group) is 1. The fourth-order valence-corrected chi connectivity index (χ4v) is 1.21. The molecule has 0 radical (unpaired) electrons. The maximum absolute atomic E-state index is 11.6. The molecule has 0 saturated heterocycles. The second-order valence-electron chi connectivity index (χ2n) is 3.80. The highest BCUT2D eigenvalue weighted by Gasteiger charge is 2.04. The van der Waals surface area contributed by atoms with Crippen molar-refractivity contribution in [3.8, 4) is 0 Å². The molecule has 1 amide bonds. The van der Waals surface area contributed by atoms with E-state index in [-0.39, 0.29) is 5.91 Å². The molecular formula is C14H22N2O2. The Morgan fingerprint density at radius 3 is 2.22 bits per heavy atom. The van der Waals surface area contributed by atoms with Gasteiger partial charge in [0.1, 0.15) is 6.29 Å². The summed E-state index contributed by atoms with van der Waals surface area (Å²) in [6, 6.07) is 6.56. The van der Waals surface area contributed by atoms with Gasteiger partial charge < -0.3 is 10.2 Å². The average molecular weight is 250 g/mol. The van der Waals surface area contributed by atoms with Crippen molar-refractivity contribution in [2.45, 2.75) is 13.8 Å². The third-order valence-electron chi connectivity index (χ3n) is 2.15. The summed E-state index contributed by atoms with van der Waals surface area (Å²) < 4.78 is 0. The Balaban J connectivity index is 0.00000137. The minimum atomic E-state index is -0.112. The summed E-state index contributed by atoms with van der Waals surface area (Å²) in [4.78, 5) is 24.0. The monoisotopic (exact) mass is 250 g/mol. The van der Waals surface area contributed by atoms with Crippen LogP contribution >= 0.6 is 0 Å². The molecular weight excluding hydrogens is 228 g/mol. The Morgan fingerprint density at radius 1 is 1.22 bits per heavy atom. The van der Waals surface area contributed by atoms with Gasteiger partial charge in [0.05, 0.1) is 0 Å². The van der Waals surface area contributed by atoms with E-state index in [4.69, 9.17) is 0 Å². The quantitative estimate of drug-likeness (QED) is 0.811. The Bertz CT molecular complexity index is 359. The van der Waals surface area contributed by atoms with Gasteiger partial charge in [0.15, 0.2) is 0 Å². The van der Waals surface area contributed by atoms with E-state index >= 15 is 0 Å². The molecule has 0 aromatic heterocycles. The molecule has 1 aromatic rings. The predicted molar refractivity (Wildman–Crippen MR) is 74.1 cm³/mol. The topological polar surface area (TPSA) is 49.4 Å². The first-order valence-corrected chi connectivity index (χ1v) is 6.11. The van der Waals surface area contributed by atoms with E-state index in [9.17, 15) is 9.59 Å². The largest absolute Gasteiger partial charge is 0.351 e. The SMILES string of the molecule is CC.CN(C)CCNC(=O)c1ccc(C=O)cc1. The van der Waals surface area contributed by atoms with E-state index in [1.807, 2.05) is 32.8 Å². The second kappa shape index (κ2) is 9.36. The molecule has 0 unspecified atom stereocenters. The van der Waals surface area contributed by atoms with Crippen LogP contribution in [-0.4, -0.2) is 44.3 Å². The molecule has 0 bridgehead atoms. The van der Waals surface area contributed by atoms with Crippen molar-refractivity contribution in [2.75, 3.05) is 27.2 Å². The molecule has 0 saturated carbocycles. The number of carbonyl (C=O) groups excluding carboxylic acids is 2. The van der Waals surface area contributed by atoms with E-state index in [0.29, 0.717) is 17.7 Å². The lowest BCUT2D eigenvalue weighted by Gasteiger charge is -2.10. The minimum Gasteiger partial charge on any atom is -0.351 e. The van der Waals surface area contributed by atoms with Gasteiger partial charge in [0.25, 0.3) is 5.91 Å². The van der Waals surface area contributed by atoms with Gasteiger partial charge in [-0.05, 0) is 26.2 Å². The minimum absolute atomic E-state index is 0.112. The summed E-state index contributed by atoms with van der Waals surface area (Å²) >= 11 is 0. The average Bonchev–Trinajstić information content (AvgIpc) is 2.40. The third kappa shape index (κ3) is 6.15. The van der Waals surface area contributed by atoms with Crippen LogP contribution in [0.15, 0.2) is 24.3 Å². The van der Waals surface area contributed by atoms with Gasteiger partial charge in [-0.3, -0.25) is 9.59 Å². The van der Waals surface area contributed by atoms with E-state index in [2.05, 4.69) is 5.32 Å². The fraction of sp³-hybridized carbons (Fsp3) is 0.429. The van der Waals surface area contributed by atoms with Crippen molar-refractivity contribution in [3.05, 3.63) is 35.4 Å². The Hall–Kier alpha value is -1.68. The van der Waals surface area contributed by atoms with Crippen LogP contribution in [0.1, 0.15) is 34.6 Å². The van der Waals surface area contributed by atoms with Crippen LogP contribution in [0.2, 0.25) is 0 Å². The molecule has 0 aliphatic heterocycles. The number of hydrogen-bond acceptors (Lipinski definition) is 3. The van der Waals surface area contributed by atoms with E-state index in [1.165, 1.54) is 0 Å². The fourth-order valence-electron chi connectivity index (χ4n) is 1.21. The van der Waals surface area contributed by atoms with Crippen LogP contribution in [-0.2, 0) is 0 Å². The highest BCUT2D eigenvalue weighted by atomic mass is 16.1. The van der Waals surface area contributed by atoms with Gasteiger partial charge in [-0.1, -0.05) is 26.0 Å². The van der Waals surface area contributed by atoms with Crippen LogP contribution in [0.4, 0.5) is 0 Å². The molecule has 0 atom stereocenters. The van der Waals surface area contributed by atoms with Gasteiger partial charge in [-0.2, -0.15) is 0 Å². The van der Waals surface area contributed by atoms with Gasteiger partial charge in [0.2, 0.25) is 0 Å². The molecule has 18 heavy (non-hydrogen) atoms. The van der Waals surface area contributed by atoms with Crippen LogP contribution in [0.25, 0.3) is 0 Å². The van der Waals surface area contributed by atoms with Gasteiger partial charge in [0, 0.05) is 24.2 Å². The van der Waals surface area contributed by atoms with Crippen molar-refractivity contribution in [3.63, 3.8) is 0 Å². The summed E-state index contributed by atoms with van der Waals surface area (Å²) in [5.41, 5.74) is 1.15. The number of nitrogens with zero attached hydrogens (tertiary/aromatic N) is 1. The molecule has 0 fully saturated rings. The van der Waals surface area contributed by atoms with Crippen LogP contribution in [0, 0.1) is 0 Å². The lowest BCUT2D eigenvalue weighted by molar-refractivity contribution is 0.0950. The van der Waals surface area contributed by atoms with Gasteiger partial charge in [-0.15, -0.1) is 0 Å². The predicted octanol–water partition coefficient (Wildman–Crippen LogP) is 1.82. The molecule has 4 nitrogen and oxygen atoms in total. The van der Waals surface area contributed by atoms with Gasteiger partial charge in [-0.25, -0.2) is 0 Å². The zero-order valence-corrected chi connectivity index (χ0v) is 11.6. The number of amides is 1. The normalized spacial score (nSPS) is 9.39. The summed E-state index contributed by atoms with van der Waals surface area (Å²) in [7, 11) is 3.90. The lowest BCUT2D eigenvalue weighted by atomic mass is 10.1.